The van der Waals surface area contributed by atoms with Gasteiger partial charge in [-0.25, -0.2) is 16.8 Å². The van der Waals surface area contributed by atoms with Gasteiger partial charge in [0.15, 0.2) is 0 Å². The maximum atomic E-state index is 9.22. The van der Waals surface area contributed by atoms with Crippen molar-refractivity contribution in [2.45, 2.75) is 0 Å². The zero-order chi connectivity index (χ0) is 10.4. The monoisotopic (exact) mass is 262 g/mol. The first-order chi connectivity index (χ1) is 5.12. The van der Waals surface area contributed by atoms with Crippen LogP contribution >= 0.6 is 0 Å². The summed E-state index contributed by atoms with van der Waals surface area (Å²) in [6.45, 7) is 0. The van der Waals surface area contributed by atoms with Crippen LogP contribution in [0.25, 0.3) is 0 Å². The first-order valence-electron chi connectivity index (χ1n) is 2.15. The molecule has 0 rings (SSSR count). The van der Waals surface area contributed by atoms with E-state index in [1.54, 1.807) is 0 Å². The molecule has 0 N–H and O–H groups in total. The van der Waals surface area contributed by atoms with Crippen LogP contribution in [0, 0.1) is 0 Å². The molecule has 0 atom stereocenters. The van der Waals surface area contributed by atoms with Gasteiger partial charge in [0, 0.05) is 0 Å². The minimum Gasteiger partial charge on any atom is -0.726 e. The summed E-state index contributed by atoms with van der Waals surface area (Å²) < 4.78 is 62.0. The molecule has 0 bridgehead atoms. The van der Waals surface area contributed by atoms with Gasteiger partial charge >= 0.3 is 37.7 Å². The van der Waals surface area contributed by atoms with Crippen LogP contribution in [0.1, 0.15) is 0 Å². The second kappa shape index (κ2) is 8.32. The SMILES string of the molecule is COS(=O)(=O)[O-].COS(=O)(=O)[O-].[Ca+2]. The Hall–Kier alpha value is 1.000. The predicted molar refractivity (Wildman–Crippen MR) is 39.2 cm³/mol. The van der Waals surface area contributed by atoms with E-state index < -0.39 is 20.8 Å². The molecule has 0 radical (unpaired) electrons. The Kier molecular flexibility index (Phi) is 12.5. The van der Waals surface area contributed by atoms with Crippen LogP contribution in [0.15, 0.2) is 0 Å². The summed E-state index contributed by atoms with van der Waals surface area (Å²) in [6, 6.07) is 0. The fourth-order valence-electron chi connectivity index (χ4n) is 0. The van der Waals surface area contributed by atoms with E-state index in [1.165, 1.54) is 0 Å². The molecule has 0 aliphatic rings. The molecule has 11 heteroatoms. The number of hydrogen-bond donors (Lipinski definition) is 0. The zero-order valence-corrected chi connectivity index (χ0v) is 10.6. The third-order valence-corrected chi connectivity index (χ3v) is 1.22. The van der Waals surface area contributed by atoms with Crippen molar-refractivity contribution in [1.82, 2.24) is 0 Å². The van der Waals surface area contributed by atoms with Crippen LogP contribution in [0.5, 0.6) is 0 Å². The molecule has 0 saturated heterocycles. The molecule has 13 heavy (non-hydrogen) atoms. The first kappa shape index (κ1) is 19.6. The van der Waals surface area contributed by atoms with Crippen LogP contribution in [-0.2, 0) is 29.2 Å². The maximum absolute atomic E-state index is 9.22. The van der Waals surface area contributed by atoms with E-state index in [9.17, 15) is 25.9 Å². The quantitative estimate of drug-likeness (QED) is 0.311. The van der Waals surface area contributed by atoms with Crippen LogP contribution in [0.3, 0.4) is 0 Å². The van der Waals surface area contributed by atoms with Crippen LogP contribution in [0.4, 0.5) is 0 Å². The summed E-state index contributed by atoms with van der Waals surface area (Å²) in [5.74, 6) is 0. The smallest absolute Gasteiger partial charge is 0.726 e. The van der Waals surface area contributed by atoms with Crippen molar-refractivity contribution in [3.8, 4) is 0 Å². The Morgan fingerprint density at radius 1 is 0.846 bits per heavy atom. The van der Waals surface area contributed by atoms with Crippen LogP contribution in [-0.4, -0.2) is 77.9 Å². The van der Waals surface area contributed by atoms with Crippen molar-refractivity contribution in [1.29, 1.82) is 0 Å². The molecule has 0 aliphatic heterocycles. The summed E-state index contributed by atoms with van der Waals surface area (Å²) in [6.07, 6.45) is 0. The summed E-state index contributed by atoms with van der Waals surface area (Å²) in [5.41, 5.74) is 0. The van der Waals surface area contributed by atoms with Gasteiger partial charge in [-0.05, 0) is 0 Å². The van der Waals surface area contributed by atoms with Gasteiger partial charge in [0.05, 0.1) is 14.2 Å². The Bertz CT molecular complexity index is 256. The fraction of sp³-hybridized carbons (Fsp3) is 1.00. The number of rotatable bonds is 2. The van der Waals surface area contributed by atoms with Crippen LogP contribution < -0.4 is 0 Å². The topological polar surface area (TPSA) is 133 Å². The third-order valence-electron chi connectivity index (χ3n) is 0.408. The maximum Gasteiger partial charge on any atom is 2.00 e. The molecule has 0 saturated carbocycles. The standard InChI is InChI=1S/2CH4O4S.Ca/c2*1-5-6(2,3)4;/h2*1H3,(H,2,3,4);/q;;+2/p-2. The van der Waals surface area contributed by atoms with E-state index >= 15 is 0 Å². The van der Waals surface area contributed by atoms with E-state index in [1.807, 2.05) is 0 Å². The second-order valence-electron chi connectivity index (χ2n) is 1.15. The van der Waals surface area contributed by atoms with Gasteiger partial charge in [0.25, 0.3) is 0 Å². The first-order valence-corrected chi connectivity index (χ1v) is 4.82. The van der Waals surface area contributed by atoms with E-state index in [2.05, 4.69) is 8.37 Å². The molecule has 0 aromatic carbocycles. The average molecular weight is 262 g/mol. The minimum atomic E-state index is -4.41. The molecule has 0 aromatic rings. The van der Waals surface area contributed by atoms with Gasteiger partial charge in [-0.3, -0.25) is 8.37 Å². The molecule has 0 amide bonds. The minimum absolute atomic E-state index is 0. The summed E-state index contributed by atoms with van der Waals surface area (Å²) in [7, 11) is -7.21. The van der Waals surface area contributed by atoms with E-state index in [0.29, 0.717) is 0 Å². The van der Waals surface area contributed by atoms with Gasteiger partial charge in [-0.2, -0.15) is 0 Å². The van der Waals surface area contributed by atoms with Crippen molar-refractivity contribution in [3.63, 3.8) is 0 Å². The zero-order valence-electron chi connectivity index (χ0n) is 6.79. The van der Waals surface area contributed by atoms with Gasteiger partial charge in [-0.15, -0.1) is 0 Å². The molecular formula is C2H6CaO8S2. The number of hydrogen-bond acceptors (Lipinski definition) is 8. The molecule has 0 aromatic heterocycles. The largest absolute Gasteiger partial charge is 2.00 e. The molecular weight excluding hydrogens is 256 g/mol. The van der Waals surface area contributed by atoms with Crippen molar-refractivity contribution < 1.29 is 34.3 Å². The third kappa shape index (κ3) is 32.1. The van der Waals surface area contributed by atoms with Crippen molar-refractivity contribution in [2.24, 2.45) is 0 Å². The molecule has 0 fully saturated rings. The molecule has 0 spiro atoms. The molecule has 0 heterocycles. The summed E-state index contributed by atoms with van der Waals surface area (Å²) in [5, 5.41) is 0. The van der Waals surface area contributed by atoms with Crippen molar-refractivity contribution in [3.05, 3.63) is 0 Å². The van der Waals surface area contributed by atoms with E-state index in [0.717, 1.165) is 14.2 Å². The van der Waals surface area contributed by atoms with Gasteiger partial charge in [0.2, 0.25) is 20.8 Å². The molecule has 0 unspecified atom stereocenters. The van der Waals surface area contributed by atoms with Gasteiger partial charge in [0.1, 0.15) is 0 Å². The Morgan fingerprint density at radius 2 is 0.923 bits per heavy atom. The Labute approximate surface area is 106 Å². The normalized spacial score (nSPS) is 10.8. The Balaban J connectivity index is -0.000000143. The van der Waals surface area contributed by atoms with Crippen molar-refractivity contribution >= 4 is 58.5 Å². The summed E-state index contributed by atoms with van der Waals surface area (Å²) in [4.78, 5) is 0. The second-order valence-corrected chi connectivity index (χ2v) is 3.45. The van der Waals surface area contributed by atoms with Gasteiger partial charge in [-0.1, -0.05) is 0 Å². The van der Waals surface area contributed by atoms with Crippen LogP contribution in [0.2, 0.25) is 0 Å². The molecule has 76 valence electrons. The van der Waals surface area contributed by atoms with E-state index in [4.69, 9.17) is 0 Å². The van der Waals surface area contributed by atoms with E-state index in [-0.39, 0.29) is 37.7 Å². The predicted octanol–water partition coefficient (Wildman–Crippen LogP) is -2.19. The average Bonchev–Trinajstić information content (AvgIpc) is 1.86. The Morgan fingerprint density at radius 3 is 0.923 bits per heavy atom. The molecule has 0 aliphatic carbocycles. The summed E-state index contributed by atoms with van der Waals surface area (Å²) >= 11 is 0. The fourth-order valence-corrected chi connectivity index (χ4v) is 0. The molecule has 8 nitrogen and oxygen atoms in total. The van der Waals surface area contributed by atoms with Gasteiger partial charge < -0.3 is 9.11 Å². The van der Waals surface area contributed by atoms with Crippen molar-refractivity contribution in [2.75, 3.05) is 14.2 Å².